The molecule has 1 heterocycles. The maximum absolute atomic E-state index is 5.95. The van der Waals surface area contributed by atoms with Gasteiger partial charge in [0.2, 0.25) is 0 Å². The molecular weight excluding hydrogens is 340 g/mol. The molecule has 5 heteroatoms. The third-order valence-electron chi connectivity index (χ3n) is 3.61. The van der Waals surface area contributed by atoms with Gasteiger partial charge < -0.3 is 4.74 Å². The van der Waals surface area contributed by atoms with Gasteiger partial charge in [0.1, 0.15) is 23.7 Å². The van der Waals surface area contributed by atoms with Crippen molar-refractivity contribution in [1.29, 1.82) is 0 Å². The van der Waals surface area contributed by atoms with Crippen molar-refractivity contribution in [2.75, 3.05) is 12.4 Å². The molecule has 0 bridgehead atoms. The van der Waals surface area contributed by atoms with Crippen molar-refractivity contribution in [3.05, 3.63) is 71.6 Å². The fourth-order valence-electron chi connectivity index (χ4n) is 2.40. The SMILES string of the molecule is C=CC[n+]1c(-c2ccc(OC)cc2)csc1Nc1ccc(Cl)cc1. The molecule has 0 aliphatic rings. The summed E-state index contributed by atoms with van der Waals surface area (Å²) in [5.74, 6) is 0.851. The van der Waals surface area contributed by atoms with Gasteiger partial charge in [0.05, 0.1) is 7.11 Å². The highest BCUT2D eigenvalue weighted by Crippen LogP contribution is 2.27. The van der Waals surface area contributed by atoms with E-state index in [1.54, 1.807) is 18.4 Å². The van der Waals surface area contributed by atoms with Crippen molar-refractivity contribution >= 4 is 33.8 Å². The molecule has 3 nitrogen and oxygen atoms in total. The molecule has 3 rings (SSSR count). The summed E-state index contributed by atoms with van der Waals surface area (Å²) in [6, 6.07) is 15.7. The molecule has 0 amide bonds. The topological polar surface area (TPSA) is 25.1 Å². The van der Waals surface area contributed by atoms with Gasteiger partial charge in [-0.05, 0) is 48.5 Å². The number of aromatic nitrogens is 1. The summed E-state index contributed by atoms with van der Waals surface area (Å²) in [6.45, 7) is 4.60. The second kappa shape index (κ2) is 7.51. The molecule has 0 fully saturated rings. The van der Waals surface area contributed by atoms with Crippen LogP contribution in [-0.2, 0) is 6.54 Å². The van der Waals surface area contributed by atoms with Crippen molar-refractivity contribution in [3.8, 4) is 17.0 Å². The van der Waals surface area contributed by atoms with Gasteiger partial charge >= 0.3 is 5.13 Å². The summed E-state index contributed by atoms with van der Waals surface area (Å²) in [4.78, 5) is 0. The third-order valence-corrected chi connectivity index (χ3v) is 4.75. The Morgan fingerprint density at radius 3 is 2.50 bits per heavy atom. The molecule has 0 saturated carbocycles. The third kappa shape index (κ3) is 3.61. The van der Waals surface area contributed by atoms with Crippen LogP contribution >= 0.6 is 22.9 Å². The largest absolute Gasteiger partial charge is 0.497 e. The molecule has 122 valence electrons. The van der Waals surface area contributed by atoms with Crippen LogP contribution in [0.15, 0.2) is 66.6 Å². The number of hydrogen-bond donors (Lipinski definition) is 1. The zero-order chi connectivity index (χ0) is 16.9. The minimum Gasteiger partial charge on any atom is -0.497 e. The van der Waals surface area contributed by atoms with Crippen LogP contribution in [0, 0.1) is 0 Å². The minimum absolute atomic E-state index is 0.723. The predicted octanol–water partition coefficient (Wildman–Crippen LogP) is 5.29. The van der Waals surface area contributed by atoms with Crippen molar-refractivity contribution < 1.29 is 9.30 Å². The summed E-state index contributed by atoms with van der Waals surface area (Å²) < 4.78 is 7.44. The monoisotopic (exact) mass is 357 g/mol. The number of hydrogen-bond acceptors (Lipinski definition) is 3. The molecule has 0 unspecified atom stereocenters. The van der Waals surface area contributed by atoms with E-state index in [9.17, 15) is 0 Å². The number of methoxy groups -OCH3 is 1. The van der Waals surface area contributed by atoms with Gasteiger partial charge in [-0.2, -0.15) is 0 Å². The average molecular weight is 358 g/mol. The summed E-state index contributed by atoms with van der Waals surface area (Å²) in [5.41, 5.74) is 3.28. The molecule has 1 N–H and O–H groups in total. The smallest absolute Gasteiger partial charge is 0.339 e. The van der Waals surface area contributed by atoms with Gasteiger partial charge in [-0.1, -0.05) is 35.6 Å². The van der Waals surface area contributed by atoms with Gasteiger partial charge in [-0.25, -0.2) is 9.88 Å². The Bertz CT molecular complexity index is 826. The number of thiazole rings is 1. The van der Waals surface area contributed by atoms with E-state index in [0.29, 0.717) is 0 Å². The molecule has 3 aromatic rings. The van der Waals surface area contributed by atoms with Crippen LogP contribution in [0.2, 0.25) is 5.02 Å². The number of halogens is 1. The lowest BCUT2D eigenvalue weighted by Gasteiger charge is -2.05. The number of anilines is 2. The molecule has 0 atom stereocenters. The van der Waals surface area contributed by atoms with E-state index in [1.165, 1.54) is 0 Å². The lowest BCUT2D eigenvalue weighted by Crippen LogP contribution is -2.35. The van der Waals surface area contributed by atoms with Crippen LogP contribution in [0.3, 0.4) is 0 Å². The Balaban J connectivity index is 1.94. The van der Waals surface area contributed by atoms with Crippen LogP contribution in [-0.4, -0.2) is 7.11 Å². The fourth-order valence-corrected chi connectivity index (χ4v) is 3.49. The summed E-state index contributed by atoms with van der Waals surface area (Å²) in [6.07, 6.45) is 1.90. The predicted molar refractivity (Wildman–Crippen MR) is 101 cm³/mol. The molecule has 0 aliphatic heterocycles. The lowest BCUT2D eigenvalue weighted by molar-refractivity contribution is -0.657. The van der Waals surface area contributed by atoms with Crippen molar-refractivity contribution in [2.45, 2.75) is 6.54 Å². The molecule has 24 heavy (non-hydrogen) atoms. The molecule has 0 saturated heterocycles. The second-order valence-electron chi connectivity index (χ2n) is 5.19. The van der Waals surface area contributed by atoms with Crippen LogP contribution < -0.4 is 14.6 Å². The van der Waals surface area contributed by atoms with Crippen LogP contribution in [0.1, 0.15) is 0 Å². The first-order valence-corrected chi connectivity index (χ1v) is 8.76. The first kappa shape index (κ1) is 16.6. The maximum Gasteiger partial charge on any atom is 0.339 e. The quantitative estimate of drug-likeness (QED) is 0.478. The summed E-state index contributed by atoms with van der Waals surface area (Å²) >= 11 is 7.61. The van der Waals surface area contributed by atoms with E-state index in [1.807, 2.05) is 42.5 Å². The fraction of sp³-hybridized carbons (Fsp3) is 0.105. The van der Waals surface area contributed by atoms with Crippen molar-refractivity contribution in [2.24, 2.45) is 0 Å². The Morgan fingerprint density at radius 2 is 1.88 bits per heavy atom. The summed E-state index contributed by atoms with van der Waals surface area (Å²) in [5, 5.41) is 7.36. The van der Waals surface area contributed by atoms with E-state index >= 15 is 0 Å². The molecule has 0 spiro atoms. The molecular formula is C19H18ClN2OS+. The highest BCUT2D eigenvalue weighted by Gasteiger charge is 2.18. The van der Waals surface area contributed by atoms with Crippen LogP contribution in [0.5, 0.6) is 5.75 Å². The zero-order valence-electron chi connectivity index (χ0n) is 13.3. The number of allylic oxidation sites excluding steroid dienone is 1. The molecule has 1 aromatic heterocycles. The Hall–Kier alpha value is -2.30. The highest BCUT2D eigenvalue weighted by atomic mass is 35.5. The highest BCUT2D eigenvalue weighted by molar-refractivity contribution is 7.13. The first-order chi connectivity index (χ1) is 11.7. The number of ether oxygens (including phenoxy) is 1. The van der Waals surface area contributed by atoms with E-state index < -0.39 is 0 Å². The maximum atomic E-state index is 5.95. The standard InChI is InChI=1S/C19H17ClN2OS/c1-3-12-22-18(14-4-10-17(23-2)11-5-14)13-24-19(22)21-16-8-6-15(20)7-9-16/h3-11,13H,1,12H2,2H3/p+1. The normalized spacial score (nSPS) is 10.4. The van der Waals surface area contributed by atoms with Crippen molar-refractivity contribution in [3.63, 3.8) is 0 Å². The summed E-state index contributed by atoms with van der Waals surface area (Å²) in [7, 11) is 1.67. The Morgan fingerprint density at radius 1 is 1.17 bits per heavy atom. The number of nitrogens with zero attached hydrogens (tertiary/aromatic N) is 1. The van der Waals surface area contributed by atoms with Crippen LogP contribution in [0.4, 0.5) is 10.8 Å². The minimum atomic E-state index is 0.723. The van der Waals surface area contributed by atoms with E-state index in [0.717, 1.165) is 39.4 Å². The van der Waals surface area contributed by atoms with Crippen LogP contribution in [0.25, 0.3) is 11.3 Å². The molecule has 0 aliphatic carbocycles. The average Bonchev–Trinajstić information content (AvgIpc) is 3.00. The number of nitrogens with one attached hydrogen (secondary N) is 1. The van der Waals surface area contributed by atoms with Gasteiger partial charge in [0.15, 0.2) is 0 Å². The van der Waals surface area contributed by atoms with Gasteiger partial charge in [-0.15, -0.1) is 0 Å². The second-order valence-corrected chi connectivity index (χ2v) is 6.48. The van der Waals surface area contributed by atoms with Gasteiger partial charge in [0.25, 0.3) is 0 Å². The van der Waals surface area contributed by atoms with E-state index in [-0.39, 0.29) is 0 Å². The number of rotatable bonds is 6. The molecule has 0 radical (unpaired) electrons. The first-order valence-electron chi connectivity index (χ1n) is 7.50. The van der Waals surface area contributed by atoms with E-state index in [4.69, 9.17) is 16.3 Å². The Labute approximate surface area is 150 Å². The zero-order valence-corrected chi connectivity index (χ0v) is 14.9. The van der Waals surface area contributed by atoms with Gasteiger partial charge in [0, 0.05) is 16.0 Å². The van der Waals surface area contributed by atoms with Crippen molar-refractivity contribution in [1.82, 2.24) is 0 Å². The van der Waals surface area contributed by atoms with Gasteiger partial charge in [-0.3, -0.25) is 0 Å². The van der Waals surface area contributed by atoms with E-state index in [2.05, 4.69) is 34.0 Å². The Kier molecular flexibility index (Phi) is 5.18. The number of benzene rings is 2. The molecule has 2 aromatic carbocycles. The lowest BCUT2D eigenvalue weighted by atomic mass is 10.1.